The molecule has 3 rings (SSSR count). The zero-order chi connectivity index (χ0) is 21.0. The number of carbonyl (C=O) groups excluding carboxylic acids is 1. The molecule has 0 aliphatic carbocycles. The summed E-state index contributed by atoms with van der Waals surface area (Å²) < 4.78 is 59.2. The lowest BCUT2D eigenvalue weighted by Crippen LogP contribution is -2.30. The first-order valence-electron chi connectivity index (χ1n) is 8.27. The quantitative estimate of drug-likeness (QED) is 0.632. The van der Waals surface area contributed by atoms with E-state index in [2.05, 4.69) is 10.1 Å². The van der Waals surface area contributed by atoms with Crippen molar-refractivity contribution in [3.63, 3.8) is 0 Å². The van der Waals surface area contributed by atoms with Crippen molar-refractivity contribution in [2.45, 2.75) is 19.5 Å². The Balaban J connectivity index is 1.57. The number of nitrogens with one attached hydrogen (secondary N) is 1. The van der Waals surface area contributed by atoms with Crippen LogP contribution in [0.5, 0.6) is 5.75 Å². The molecular formula is C19H14F4N2O4. The molecule has 152 valence electrons. The number of nitrogens with zero attached hydrogens (tertiary/aromatic N) is 1. The third-order valence-corrected chi connectivity index (χ3v) is 3.79. The first-order chi connectivity index (χ1) is 13.7. The molecule has 0 aliphatic rings. The lowest BCUT2D eigenvalue weighted by molar-refractivity contribution is -0.274. The fraction of sp³-hybridized carbons (Fsp3) is 0.158. The summed E-state index contributed by atoms with van der Waals surface area (Å²) in [7, 11) is 0. The Kier molecular flexibility index (Phi) is 5.71. The second-order valence-electron chi connectivity index (χ2n) is 5.96. The largest absolute Gasteiger partial charge is 0.573 e. The maximum atomic E-state index is 13.0. The van der Waals surface area contributed by atoms with Crippen LogP contribution in [-0.2, 0) is 17.9 Å². The molecule has 1 amide bonds. The minimum absolute atomic E-state index is 0.0442. The minimum Gasteiger partial charge on any atom is -0.408 e. The Hall–Kier alpha value is -3.56. The van der Waals surface area contributed by atoms with Crippen LogP contribution in [0.25, 0.3) is 11.3 Å². The molecule has 3 aromatic rings. The van der Waals surface area contributed by atoms with Crippen molar-refractivity contribution in [2.75, 3.05) is 0 Å². The lowest BCUT2D eigenvalue weighted by atomic mass is 10.2. The van der Waals surface area contributed by atoms with Gasteiger partial charge in [0, 0.05) is 12.1 Å². The molecule has 1 N–H and O–H groups in total. The van der Waals surface area contributed by atoms with Crippen LogP contribution in [-0.4, -0.2) is 16.8 Å². The highest BCUT2D eigenvalue weighted by atomic mass is 19.4. The van der Waals surface area contributed by atoms with E-state index in [1.807, 2.05) is 0 Å². The SMILES string of the molecule is O=C(Cn1cc(-c2ccc(F)cc2)oc1=O)NCc1ccc(OC(F)(F)F)cc1. The summed E-state index contributed by atoms with van der Waals surface area (Å²) >= 11 is 0. The molecule has 0 bridgehead atoms. The summed E-state index contributed by atoms with van der Waals surface area (Å²) in [6, 6.07) is 10.3. The van der Waals surface area contributed by atoms with E-state index in [1.165, 1.54) is 42.6 Å². The van der Waals surface area contributed by atoms with Crippen LogP contribution in [0.3, 0.4) is 0 Å². The molecule has 2 aromatic carbocycles. The average Bonchev–Trinajstić information content (AvgIpc) is 3.01. The summed E-state index contributed by atoms with van der Waals surface area (Å²) in [5.74, 6) is -1.89. The second-order valence-corrected chi connectivity index (χ2v) is 5.96. The summed E-state index contributed by atoms with van der Waals surface area (Å²) in [6.07, 6.45) is -3.45. The number of benzene rings is 2. The van der Waals surface area contributed by atoms with Crippen molar-refractivity contribution in [1.82, 2.24) is 9.88 Å². The number of rotatable bonds is 6. The van der Waals surface area contributed by atoms with Gasteiger partial charge in [0.2, 0.25) is 5.91 Å². The van der Waals surface area contributed by atoms with Gasteiger partial charge in [-0.25, -0.2) is 9.18 Å². The monoisotopic (exact) mass is 410 g/mol. The van der Waals surface area contributed by atoms with Crippen molar-refractivity contribution in [3.05, 3.63) is 76.7 Å². The first-order valence-corrected chi connectivity index (χ1v) is 8.27. The number of aromatic nitrogens is 1. The normalized spacial score (nSPS) is 11.3. The molecule has 0 saturated carbocycles. The van der Waals surface area contributed by atoms with Gasteiger partial charge in [-0.05, 0) is 42.0 Å². The van der Waals surface area contributed by atoms with Crippen LogP contribution >= 0.6 is 0 Å². The van der Waals surface area contributed by atoms with Crippen molar-refractivity contribution < 1.29 is 31.5 Å². The van der Waals surface area contributed by atoms with Crippen LogP contribution in [0.2, 0.25) is 0 Å². The van der Waals surface area contributed by atoms with Gasteiger partial charge in [0.05, 0.1) is 6.20 Å². The van der Waals surface area contributed by atoms with E-state index in [4.69, 9.17) is 4.42 Å². The molecule has 0 aliphatic heterocycles. The topological polar surface area (TPSA) is 73.5 Å². The number of hydrogen-bond acceptors (Lipinski definition) is 4. The fourth-order valence-electron chi connectivity index (χ4n) is 2.45. The third-order valence-electron chi connectivity index (χ3n) is 3.79. The number of oxazole rings is 1. The number of ether oxygens (including phenoxy) is 1. The van der Waals surface area contributed by atoms with Crippen LogP contribution in [0.4, 0.5) is 17.6 Å². The standard InChI is InChI=1S/C19H14F4N2O4/c20-14-5-3-13(4-6-14)16-10-25(18(27)28-16)11-17(26)24-9-12-1-7-15(8-2-12)29-19(21,22)23/h1-8,10H,9,11H2,(H,24,26). The smallest absolute Gasteiger partial charge is 0.408 e. The summed E-state index contributed by atoms with van der Waals surface area (Å²) in [5, 5.41) is 2.55. The van der Waals surface area contributed by atoms with E-state index >= 15 is 0 Å². The number of amides is 1. The third kappa shape index (κ3) is 5.71. The first kappa shape index (κ1) is 20.2. The summed E-state index contributed by atoms with van der Waals surface area (Å²) in [6.45, 7) is -0.276. The predicted molar refractivity (Wildman–Crippen MR) is 93.3 cm³/mol. The van der Waals surface area contributed by atoms with E-state index in [1.54, 1.807) is 0 Å². The molecule has 0 atom stereocenters. The highest BCUT2D eigenvalue weighted by Gasteiger charge is 2.30. The molecule has 0 unspecified atom stereocenters. The van der Waals surface area contributed by atoms with Gasteiger partial charge in [-0.1, -0.05) is 12.1 Å². The lowest BCUT2D eigenvalue weighted by Gasteiger charge is -2.09. The van der Waals surface area contributed by atoms with Crippen LogP contribution < -0.4 is 15.8 Å². The highest BCUT2D eigenvalue weighted by Crippen LogP contribution is 2.22. The van der Waals surface area contributed by atoms with Crippen molar-refractivity contribution >= 4 is 5.91 Å². The van der Waals surface area contributed by atoms with Gasteiger partial charge < -0.3 is 14.5 Å². The van der Waals surface area contributed by atoms with Crippen LogP contribution in [0.15, 0.2) is 63.9 Å². The minimum atomic E-state index is -4.78. The van der Waals surface area contributed by atoms with E-state index in [0.717, 1.165) is 16.7 Å². The molecule has 1 heterocycles. The van der Waals surface area contributed by atoms with E-state index in [-0.39, 0.29) is 24.6 Å². The molecule has 0 spiro atoms. The summed E-state index contributed by atoms with van der Waals surface area (Å²) in [5.41, 5.74) is 1.02. The maximum Gasteiger partial charge on any atom is 0.573 e. The molecule has 0 saturated heterocycles. The van der Waals surface area contributed by atoms with Gasteiger partial charge in [-0.3, -0.25) is 9.36 Å². The van der Waals surface area contributed by atoms with Gasteiger partial charge in [0.25, 0.3) is 0 Å². The number of halogens is 4. The van der Waals surface area contributed by atoms with Gasteiger partial charge in [-0.2, -0.15) is 0 Å². The highest BCUT2D eigenvalue weighted by molar-refractivity contribution is 5.75. The molecule has 6 nitrogen and oxygen atoms in total. The molecule has 0 radical (unpaired) electrons. The van der Waals surface area contributed by atoms with Crippen molar-refractivity contribution in [1.29, 1.82) is 0 Å². The number of carbonyl (C=O) groups is 1. The Bertz CT molecular complexity index is 1040. The Morgan fingerprint density at radius 2 is 1.72 bits per heavy atom. The molecule has 29 heavy (non-hydrogen) atoms. The number of hydrogen-bond donors (Lipinski definition) is 1. The van der Waals surface area contributed by atoms with Crippen LogP contribution in [0.1, 0.15) is 5.56 Å². The van der Waals surface area contributed by atoms with Crippen molar-refractivity contribution in [2.24, 2.45) is 0 Å². The van der Waals surface area contributed by atoms with Crippen molar-refractivity contribution in [3.8, 4) is 17.1 Å². The Morgan fingerprint density at radius 1 is 1.07 bits per heavy atom. The average molecular weight is 410 g/mol. The molecule has 10 heteroatoms. The predicted octanol–water partition coefficient (Wildman–Crippen LogP) is 3.46. The zero-order valence-electron chi connectivity index (χ0n) is 14.7. The van der Waals surface area contributed by atoms with Gasteiger partial charge in [-0.15, -0.1) is 13.2 Å². The Labute approximate surface area is 161 Å². The zero-order valence-corrected chi connectivity index (χ0v) is 14.7. The van der Waals surface area contributed by atoms with Gasteiger partial charge in [0.1, 0.15) is 18.1 Å². The van der Waals surface area contributed by atoms with E-state index in [9.17, 15) is 27.2 Å². The Morgan fingerprint density at radius 3 is 2.34 bits per heavy atom. The fourth-order valence-corrected chi connectivity index (χ4v) is 2.45. The second kappa shape index (κ2) is 8.21. The summed E-state index contributed by atoms with van der Waals surface area (Å²) in [4.78, 5) is 23.9. The maximum absolute atomic E-state index is 13.0. The van der Waals surface area contributed by atoms with E-state index < -0.39 is 23.8 Å². The molecule has 0 fully saturated rings. The molecule has 1 aromatic heterocycles. The van der Waals surface area contributed by atoms with E-state index in [0.29, 0.717) is 11.1 Å². The molecular weight excluding hydrogens is 396 g/mol. The van der Waals surface area contributed by atoms with Gasteiger partial charge in [0.15, 0.2) is 5.76 Å². The number of alkyl halides is 3. The van der Waals surface area contributed by atoms with Crippen LogP contribution in [0, 0.1) is 5.82 Å². The van der Waals surface area contributed by atoms with Gasteiger partial charge >= 0.3 is 12.1 Å².